The van der Waals surface area contributed by atoms with Crippen molar-refractivity contribution in [1.82, 2.24) is 5.32 Å². The van der Waals surface area contributed by atoms with E-state index in [2.05, 4.69) is 5.32 Å². The molecule has 1 atom stereocenters. The number of nitrogens with one attached hydrogen (secondary N) is 1. The first-order valence-corrected chi connectivity index (χ1v) is 7.24. The first-order chi connectivity index (χ1) is 11.1. The number of rotatable bonds is 4. The lowest BCUT2D eigenvalue weighted by molar-refractivity contribution is -0.118. The molecular weight excluding hydrogens is 301 g/mol. The number of hydrogen-bond donors (Lipinski definition) is 2. The third kappa shape index (κ3) is 2.95. The zero-order chi connectivity index (χ0) is 16.4. The highest BCUT2D eigenvalue weighted by Crippen LogP contribution is 2.24. The Morgan fingerprint density at radius 1 is 1.43 bits per heavy atom. The van der Waals surface area contributed by atoms with E-state index in [-0.39, 0.29) is 18.1 Å². The van der Waals surface area contributed by atoms with Gasteiger partial charge >= 0.3 is 0 Å². The van der Waals surface area contributed by atoms with Gasteiger partial charge in [-0.2, -0.15) is 0 Å². The molecule has 1 aromatic carbocycles. The molecule has 1 aliphatic rings. The number of carbonyl (C=O) groups is 2. The van der Waals surface area contributed by atoms with Gasteiger partial charge in [0.05, 0.1) is 17.8 Å². The van der Waals surface area contributed by atoms with Gasteiger partial charge in [0.2, 0.25) is 5.91 Å². The molecule has 0 spiro atoms. The molecule has 1 unspecified atom stereocenters. The average Bonchev–Trinajstić information content (AvgIpc) is 3.16. The summed E-state index contributed by atoms with van der Waals surface area (Å²) in [6.45, 7) is 0.543. The van der Waals surface area contributed by atoms with Crippen molar-refractivity contribution in [3.63, 3.8) is 0 Å². The molecule has 0 saturated carbocycles. The van der Waals surface area contributed by atoms with E-state index in [1.54, 1.807) is 18.2 Å². The number of benzene rings is 1. The number of hydrogen-bond acceptors (Lipinski definition) is 4. The number of furan rings is 1. The molecule has 1 fully saturated rings. The summed E-state index contributed by atoms with van der Waals surface area (Å²) in [4.78, 5) is 25.9. The van der Waals surface area contributed by atoms with E-state index < -0.39 is 17.8 Å². The van der Waals surface area contributed by atoms with Gasteiger partial charge < -0.3 is 20.4 Å². The molecule has 2 aromatic rings. The van der Waals surface area contributed by atoms with Gasteiger partial charge in [0.15, 0.2) is 0 Å². The normalized spacial score (nSPS) is 17.6. The maximum absolute atomic E-state index is 13.8. The van der Waals surface area contributed by atoms with Crippen molar-refractivity contribution in [3.05, 3.63) is 53.7 Å². The summed E-state index contributed by atoms with van der Waals surface area (Å²) in [5.41, 5.74) is 5.96. The van der Waals surface area contributed by atoms with Crippen molar-refractivity contribution in [2.24, 2.45) is 5.73 Å². The minimum Gasteiger partial charge on any atom is -0.467 e. The summed E-state index contributed by atoms with van der Waals surface area (Å²) in [5.74, 6) is -0.718. The Hall–Kier alpha value is -2.67. The molecule has 1 aromatic heterocycles. The van der Waals surface area contributed by atoms with Gasteiger partial charge in [0.25, 0.3) is 5.91 Å². The molecule has 120 valence electrons. The molecule has 7 heteroatoms. The van der Waals surface area contributed by atoms with Crippen LogP contribution in [0.15, 0.2) is 41.0 Å². The quantitative estimate of drug-likeness (QED) is 0.892. The molecule has 0 bridgehead atoms. The largest absolute Gasteiger partial charge is 0.467 e. The summed E-state index contributed by atoms with van der Waals surface area (Å²) in [6, 6.07) is 6.92. The highest BCUT2D eigenvalue weighted by molar-refractivity contribution is 6.03. The number of nitrogens with two attached hydrogens (primary N) is 1. The van der Waals surface area contributed by atoms with Crippen molar-refractivity contribution in [3.8, 4) is 0 Å². The number of nitrogens with zero attached hydrogens (tertiary/aromatic N) is 1. The Morgan fingerprint density at radius 3 is 2.91 bits per heavy atom. The Bertz CT molecular complexity index is 744. The van der Waals surface area contributed by atoms with E-state index >= 15 is 0 Å². The van der Waals surface area contributed by atoms with Crippen molar-refractivity contribution in [1.29, 1.82) is 0 Å². The van der Waals surface area contributed by atoms with Crippen LogP contribution in [0.3, 0.4) is 0 Å². The first-order valence-electron chi connectivity index (χ1n) is 7.24. The average molecular weight is 317 g/mol. The van der Waals surface area contributed by atoms with E-state index in [9.17, 15) is 14.0 Å². The summed E-state index contributed by atoms with van der Waals surface area (Å²) < 4.78 is 18.9. The molecule has 0 aliphatic carbocycles. The number of anilines is 1. The Morgan fingerprint density at radius 2 is 2.22 bits per heavy atom. The molecule has 3 N–H and O–H groups in total. The van der Waals surface area contributed by atoms with Crippen LogP contribution < -0.4 is 16.0 Å². The molecule has 1 aliphatic heterocycles. The van der Waals surface area contributed by atoms with Gasteiger partial charge in [-0.15, -0.1) is 0 Å². The van der Waals surface area contributed by atoms with Gasteiger partial charge in [-0.05, 0) is 24.6 Å². The highest BCUT2D eigenvalue weighted by atomic mass is 19.1. The van der Waals surface area contributed by atoms with E-state index in [1.165, 1.54) is 23.3 Å². The van der Waals surface area contributed by atoms with Crippen molar-refractivity contribution in [2.75, 3.05) is 11.4 Å². The van der Waals surface area contributed by atoms with Crippen LogP contribution in [0.25, 0.3) is 0 Å². The smallest absolute Gasteiger partial charge is 0.255 e. The predicted molar refractivity (Wildman–Crippen MR) is 81.2 cm³/mol. The molecule has 2 heterocycles. The fourth-order valence-electron chi connectivity index (χ4n) is 2.57. The molecule has 23 heavy (non-hydrogen) atoms. The lowest BCUT2D eigenvalue weighted by Crippen LogP contribution is -2.41. The lowest BCUT2D eigenvalue weighted by Gasteiger charge is -2.17. The van der Waals surface area contributed by atoms with Crippen LogP contribution in [0.1, 0.15) is 22.5 Å². The minimum absolute atomic E-state index is 0.191. The monoisotopic (exact) mass is 317 g/mol. The molecule has 1 saturated heterocycles. The summed E-state index contributed by atoms with van der Waals surface area (Å²) in [7, 11) is 0. The number of carbonyl (C=O) groups excluding carboxylic acids is 2. The third-order valence-corrected chi connectivity index (χ3v) is 3.77. The van der Waals surface area contributed by atoms with Gasteiger partial charge in [-0.1, -0.05) is 12.1 Å². The van der Waals surface area contributed by atoms with Crippen LogP contribution in [0.4, 0.5) is 10.1 Å². The van der Waals surface area contributed by atoms with Crippen molar-refractivity contribution in [2.45, 2.75) is 19.0 Å². The van der Waals surface area contributed by atoms with Gasteiger partial charge in [0.1, 0.15) is 23.9 Å². The maximum atomic E-state index is 13.8. The fraction of sp³-hybridized carbons (Fsp3) is 0.250. The summed E-state index contributed by atoms with van der Waals surface area (Å²) in [6.07, 6.45) is 1.71. The maximum Gasteiger partial charge on any atom is 0.255 e. The van der Waals surface area contributed by atoms with Crippen molar-refractivity contribution < 1.29 is 18.4 Å². The Kier molecular flexibility index (Phi) is 4.12. The van der Waals surface area contributed by atoms with Crippen LogP contribution in [0, 0.1) is 5.82 Å². The SMILES string of the molecule is NCc1cc(C(=O)NC2CCN(c3ccccc3F)C2=O)co1. The molecule has 0 radical (unpaired) electrons. The zero-order valence-corrected chi connectivity index (χ0v) is 12.3. The van der Waals surface area contributed by atoms with Gasteiger partial charge in [-0.25, -0.2) is 4.39 Å². The number of halogens is 1. The second-order valence-corrected chi connectivity index (χ2v) is 5.26. The fourth-order valence-corrected chi connectivity index (χ4v) is 2.57. The summed E-state index contributed by atoms with van der Waals surface area (Å²) in [5, 5.41) is 2.65. The van der Waals surface area contributed by atoms with E-state index in [1.807, 2.05) is 0 Å². The Labute approximate surface area is 132 Å². The van der Waals surface area contributed by atoms with Crippen molar-refractivity contribution >= 4 is 17.5 Å². The topological polar surface area (TPSA) is 88.6 Å². The van der Waals surface area contributed by atoms with E-state index in [0.717, 1.165) is 0 Å². The Balaban J connectivity index is 1.70. The van der Waals surface area contributed by atoms with Crippen LogP contribution in [-0.2, 0) is 11.3 Å². The van der Waals surface area contributed by atoms with Crippen LogP contribution >= 0.6 is 0 Å². The zero-order valence-electron chi connectivity index (χ0n) is 12.3. The van der Waals surface area contributed by atoms with E-state index in [4.69, 9.17) is 10.2 Å². The molecule has 2 amide bonds. The summed E-state index contributed by atoms with van der Waals surface area (Å²) >= 11 is 0. The van der Waals surface area contributed by atoms with Crippen LogP contribution in [0.2, 0.25) is 0 Å². The second-order valence-electron chi connectivity index (χ2n) is 5.26. The molecular formula is C16H16FN3O3. The highest BCUT2D eigenvalue weighted by Gasteiger charge is 2.35. The van der Waals surface area contributed by atoms with Gasteiger partial charge in [0, 0.05) is 6.54 Å². The standard InChI is InChI=1S/C16H16FN3O3/c17-12-3-1-2-4-14(12)20-6-5-13(16(20)22)19-15(21)10-7-11(8-18)23-9-10/h1-4,7,9,13H,5-6,8,18H2,(H,19,21). The van der Waals surface area contributed by atoms with Gasteiger partial charge in [-0.3, -0.25) is 9.59 Å². The second kappa shape index (κ2) is 6.21. The first kappa shape index (κ1) is 15.2. The third-order valence-electron chi connectivity index (χ3n) is 3.77. The van der Waals surface area contributed by atoms with Crippen LogP contribution in [0.5, 0.6) is 0 Å². The molecule has 6 nitrogen and oxygen atoms in total. The predicted octanol–water partition coefficient (Wildman–Crippen LogP) is 1.41. The van der Waals surface area contributed by atoms with E-state index in [0.29, 0.717) is 24.3 Å². The molecule has 3 rings (SSSR count). The number of amides is 2. The van der Waals surface area contributed by atoms with Crippen LogP contribution in [-0.4, -0.2) is 24.4 Å². The lowest BCUT2D eigenvalue weighted by atomic mass is 10.2. The number of para-hydroxylation sites is 1. The minimum atomic E-state index is -0.682.